The molecule has 0 saturated carbocycles. The maximum Gasteiger partial charge on any atom is 0.114 e. The Kier molecular flexibility index (Phi) is 2.26. The van der Waals surface area contributed by atoms with Crippen LogP contribution in [0.25, 0.3) is 0 Å². The lowest BCUT2D eigenvalue weighted by molar-refractivity contribution is 0.452. The number of hydrogen-bond donors (Lipinski definition) is 1. The number of rotatable bonds is 2. The Hall–Kier alpha value is -0.610. The lowest BCUT2D eigenvalue weighted by Crippen LogP contribution is -2.57. The van der Waals surface area contributed by atoms with Gasteiger partial charge in [0.2, 0.25) is 0 Å². The molecule has 13 heavy (non-hydrogen) atoms. The van der Waals surface area contributed by atoms with Crippen LogP contribution in [0.4, 0.5) is 5.00 Å². The minimum absolute atomic E-state index is 0.668. The summed E-state index contributed by atoms with van der Waals surface area (Å²) in [6.07, 6.45) is 0. The number of hydrogen-bond acceptors (Lipinski definition) is 4. The molecule has 1 aromatic heterocycles. The molecule has 1 N–H and O–H groups in total. The summed E-state index contributed by atoms with van der Waals surface area (Å²) in [7, 11) is 2.02. The molecule has 0 atom stereocenters. The SMILES string of the molecule is CNC1CN(c2sc(C)nc2C)C1. The molecule has 0 aliphatic carbocycles. The zero-order valence-electron chi connectivity index (χ0n) is 8.29. The van der Waals surface area contributed by atoms with Gasteiger partial charge in [-0.3, -0.25) is 0 Å². The van der Waals surface area contributed by atoms with Crippen LogP contribution in [0, 0.1) is 13.8 Å². The second-order valence-electron chi connectivity index (χ2n) is 3.51. The highest BCUT2D eigenvalue weighted by Gasteiger charge is 2.27. The fourth-order valence-electron chi connectivity index (χ4n) is 1.64. The predicted molar refractivity (Wildman–Crippen MR) is 56.6 cm³/mol. The van der Waals surface area contributed by atoms with Crippen molar-refractivity contribution in [3.63, 3.8) is 0 Å². The van der Waals surface area contributed by atoms with Gasteiger partial charge in [0.25, 0.3) is 0 Å². The van der Waals surface area contributed by atoms with Crippen LogP contribution in [0.5, 0.6) is 0 Å². The Labute approximate surface area is 82.8 Å². The average Bonchev–Trinajstić information content (AvgIpc) is 2.29. The van der Waals surface area contributed by atoms with E-state index in [9.17, 15) is 0 Å². The monoisotopic (exact) mass is 197 g/mol. The van der Waals surface area contributed by atoms with Gasteiger partial charge in [0, 0.05) is 19.1 Å². The third-order valence-corrected chi connectivity index (χ3v) is 3.59. The Balaban J connectivity index is 2.06. The molecule has 72 valence electrons. The maximum atomic E-state index is 4.42. The smallest absolute Gasteiger partial charge is 0.114 e. The summed E-state index contributed by atoms with van der Waals surface area (Å²) in [5.41, 5.74) is 1.18. The number of nitrogens with zero attached hydrogens (tertiary/aromatic N) is 2. The third kappa shape index (κ3) is 1.56. The minimum atomic E-state index is 0.668. The van der Waals surface area contributed by atoms with Gasteiger partial charge < -0.3 is 10.2 Å². The van der Waals surface area contributed by atoms with Crippen LogP contribution in [-0.4, -0.2) is 31.2 Å². The summed E-state index contributed by atoms with van der Waals surface area (Å²) < 4.78 is 0. The van der Waals surface area contributed by atoms with Gasteiger partial charge >= 0.3 is 0 Å². The van der Waals surface area contributed by atoms with Crippen LogP contribution in [0.3, 0.4) is 0 Å². The van der Waals surface area contributed by atoms with Gasteiger partial charge in [-0.25, -0.2) is 4.98 Å². The first-order valence-corrected chi connectivity index (χ1v) is 5.38. The molecular weight excluding hydrogens is 182 g/mol. The molecular formula is C9H15N3S. The summed E-state index contributed by atoms with van der Waals surface area (Å²) in [5.74, 6) is 0. The normalized spacial score (nSPS) is 17.6. The number of anilines is 1. The summed E-state index contributed by atoms with van der Waals surface area (Å²) in [5, 5.41) is 5.79. The van der Waals surface area contributed by atoms with Crippen molar-refractivity contribution in [2.24, 2.45) is 0 Å². The highest BCUT2D eigenvalue weighted by molar-refractivity contribution is 7.15. The average molecular weight is 197 g/mol. The number of aromatic nitrogens is 1. The van der Waals surface area contributed by atoms with E-state index < -0.39 is 0 Å². The van der Waals surface area contributed by atoms with Crippen LogP contribution < -0.4 is 10.2 Å². The molecule has 2 heterocycles. The largest absolute Gasteiger partial charge is 0.359 e. The Morgan fingerprint density at radius 3 is 2.62 bits per heavy atom. The van der Waals surface area contributed by atoms with Gasteiger partial charge in [0.05, 0.1) is 10.7 Å². The lowest BCUT2D eigenvalue weighted by atomic mass is 10.1. The van der Waals surface area contributed by atoms with Gasteiger partial charge in [-0.1, -0.05) is 0 Å². The van der Waals surface area contributed by atoms with E-state index in [1.807, 2.05) is 7.05 Å². The van der Waals surface area contributed by atoms with Gasteiger partial charge in [-0.15, -0.1) is 11.3 Å². The molecule has 0 radical (unpaired) electrons. The van der Waals surface area contributed by atoms with E-state index in [0.29, 0.717) is 6.04 Å². The van der Waals surface area contributed by atoms with E-state index in [-0.39, 0.29) is 0 Å². The van der Waals surface area contributed by atoms with Crippen LogP contribution in [0.2, 0.25) is 0 Å². The first kappa shape index (κ1) is 8.97. The van der Waals surface area contributed by atoms with Crippen molar-refractivity contribution < 1.29 is 0 Å². The second kappa shape index (κ2) is 3.27. The molecule has 3 nitrogen and oxygen atoms in total. The first-order chi connectivity index (χ1) is 6.20. The van der Waals surface area contributed by atoms with Crippen molar-refractivity contribution in [2.75, 3.05) is 25.0 Å². The second-order valence-corrected chi connectivity index (χ2v) is 4.70. The minimum Gasteiger partial charge on any atom is -0.359 e. The highest BCUT2D eigenvalue weighted by Crippen LogP contribution is 2.30. The van der Waals surface area contributed by atoms with E-state index in [2.05, 4.69) is 29.0 Å². The lowest BCUT2D eigenvalue weighted by Gasteiger charge is -2.40. The van der Waals surface area contributed by atoms with E-state index >= 15 is 0 Å². The molecule has 4 heteroatoms. The number of likely N-dealkylation sites (N-methyl/N-ethyl adjacent to an activating group) is 1. The summed E-state index contributed by atoms with van der Waals surface area (Å²) >= 11 is 1.80. The van der Waals surface area contributed by atoms with Gasteiger partial charge in [-0.05, 0) is 20.9 Å². The Morgan fingerprint density at radius 2 is 2.15 bits per heavy atom. The van der Waals surface area contributed by atoms with Gasteiger partial charge in [-0.2, -0.15) is 0 Å². The zero-order valence-corrected chi connectivity index (χ0v) is 9.11. The fraction of sp³-hybridized carbons (Fsp3) is 0.667. The van der Waals surface area contributed by atoms with E-state index in [0.717, 1.165) is 13.1 Å². The summed E-state index contributed by atoms with van der Waals surface area (Å²) in [6.45, 7) is 6.40. The molecule has 1 aliphatic rings. The van der Waals surface area contributed by atoms with Crippen LogP contribution in [0.15, 0.2) is 0 Å². The molecule has 0 aromatic carbocycles. The van der Waals surface area contributed by atoms with Crippen molar-refractivity contribution in [1.82, 2.24) is 10.3 Å². The standard InChI is InChI=1S/C9H15N3S/c1-6-9(13-7(2)11-6)12-4-8(5-12)10-3/h8,10H,4-5H2,1-3H3. The van der Waals surface area contributed by atoms with E-state index in [4.69, 9.17) is 0 Å². The van der Waals surface area contributed by atoms with Crippen LogP contribution >= 0.6 is 11.3 Å². The first-order valence-electron chi connectivity index (χ1n) is 4.57. The van der Waals surface area contributed by atoms with Crippen LogP contribution in [-0.2, 0) is 0 Å². The molecule has 0 spiro atoms. The topological polar surface area (TPSA) is 28.2 Å². The Bertz CT molecular complexity index is 302. The molecule has 0 bridgehead atoms. The van der Waals surface area contributed by atoms with Crippen molar-refractivity contribution in [3.05, 3.63) is 10.7 Å². The maximum absolute atomic E-state index is 4.42. The molecule has 0 unspecified atom stereocenters. The van der Waals surface area contributed by atoms with E-state index in [1.54, 1.807) is 11.3 Å². The van der Waals surface area contributed by atoms with E-state index in [1.165, 1.54) is 15.7 Å². The van der Waals surface area contributed by atoms with Crippen molar-refractivity contribution in [2.45, 2.75) is 19.9 Å². The fourth-order valence-corrected chi connectivity index (χ4v) is 2.57. The molecule has 1 aromatic rings. The van der Waals surface area contributed by atoms with Crippen molar-refractivity contribution >= 4 is 16.3 Å². The Morgan fingerprint density at radius 1 is 1.46 bits per heavy atom. The van der Waals surface area contributed by atoms with Gasteiger partial charge in [0.1, 0.15) is 5.00 Å². The molecule has 1 fully saturated rings. The molecule has 1 aliphatic heterocycles. The molecule has 0 amide bonds. The zero-order chi connectivity index (χ0) is 9.42. The highest BCUT2D eigenvalue weighted by atomic mass is 32.1. The summed E-state index contributed by atoms with van der Waals surface area (Å²) in [6, 6.07) is 0.668. The van der Waals surface area contributed by atoms with Crippen LogP contribution in [0.1, 0.15) is 10.7 Å². The summed E-state index contributed by atoms with van der Waals surface area (Å²) in [4.78, 5) is 6.81. The quantitative estimate of drug-likeness (QED) is 0.771. The predicted octanol–water partition coefficient (Wildman–Crippen LogP) is 1.17. The molecule has 2 rings (SSSR count). The van der Waals surface area contributed by atoms with Crippen molar-refractivity contribution in [3.8, 4) is 0 Å². The van der Waals surface area contributed by atoms with Crippen molar-refractivity contribution in [1.29, 1.82) is 0 Å². The third-order valence-electron chi connectivity index (χ3n) is 2.46. The number of nitrogens with one attached hydrogen (secondary N) is 1. The number of aryl methyl sites for hydroxylation is 2. The van der Waals surface area contributed by atoms with Gasteiger partial charge in [0.15, 0.2) is 0 Å². The number of thiazole rings is 1. The molecule has 1 saturated heterocycles.